The number of nitrogens with one attached hydrogen (secondary N) is 2. The zero-order valence-corrected chi connectivity index (χ0v) is 14.9. The molecule has 1 amide bonds. The van der Waals surface area contributed by atoms with E-state index in [4.69, 9.17) is 0 Å². The minimum Gasteiger partial charge on any atom is -0.365 e. The summed E-state index contributed by atoms with van der Waals surface area (Å²) >= 11 is 0. The van der Waals surface area contributed by atoms with E-state index in [1.807, 2.05) is 0 Å². The van der Waals surface area contributed by atoms with Crippen LogP contribution in [0.3, 0.4) is 0 Å². The molecule has 1 aromatic carbocycles. The Kier molecular flexibility index (Phi) is 4.99. The first-order valence-corrected chi connectivity index (χ1v) is 9.86. The van der Waals surface area contributed by atoms with Crippen molar-refractivity contribution in [1.29, 1.82) is 0 Å². The summed E-state index contributed by atoms with van der Waals surface area (Å²) in [6, 6.07) is 6.35. The Hall–Kier alpha value is -2.81. The Morgan fingerprint density at radius 2 is 1.85 bits per heavy atom. The van der Waals surface area contributed by atoms with Gasteiger partial charge in [0.15, 0.2) is 15.6 Å². The second kappa shape index (κ2) is 7.20. The predicted octanol–water partition coefficient (Wildman–Crippen LogP) is 1.53. The molecular weight excluding hydrogens is 356 g/mol. The van der Waals surface area contributed by atoms with Gasteiger partial charge in [0.1, 0.15) is 11.5 Å². The van der Waals surface area contributed by atoms with Gasteiger partial charge in [-0.25, -0.2) is 18.4 Å². The van der Waals surface area contributed by atoms with Crippen LogP contribution < -0.4 is 10.6 Å². The number of sulfone groups is 1. The van der Waals surface area contributed by atoms with E-state index < -0.39 is 15.7 Å². The van der Waals surface area contributed by atoms with Crippen molar-refractivity contribution in [3.05, 3.63) is 47.9 Å². The molecular formula is C17H18N4O4S. The van der Waals surface area contributed by atoms with Crippen molar-refractivity contribution in [1.82, 2.24) is 9.97 Å². The van der Waals surface area contributed by atoms with Crippen LogP contribution in [0.2, 0.25) is 0 Å². The summed E-state index contributed by atoms with van der Waals surface area (Å²) in [6.45, 7) is 1.47. The van der Waals surface area contributed by atoms with Gasteiger partial charge in [-0.2, -0.15) is 0 Å². The fraction of sp³-hybridized carbons (Fsp3) is 0.294. The second-order valence-electron chi connectivity index (χ2n) is 6.12. The van der Waals surface area contributed by atoms with Gasteiger partial charge in [0, 0.05) is 17.3 Å². The summed E-state index contributed by atoms with van der Waals surface area (Å²) in [5.74, 6) is 0.193. The van der Waals surface area contributed by atoms with Crippen molar-refractivity contribution in [2.24, 2.45) is 0 Å². The van der Waals surface area contributed by atoms with Gasteiger partial charge >= 0.3 is 0 Å². The number of anilines is 2. The molecule has 9 heteroatoms. The summed E-state index contributed by atoms with van der Waals surface area (Å²) in [5, 5.41) is 5.69. The zero-order valence-electron chi connectivity index (χ0n) is 14.1. The number of nitrogens with zero attached hydrogens (tertiary/aromatic N) is 2. The maximum absolute atomic E-state index is 12.2. The van der Waals surface area contributed by atoms with Gasteiger partial charge in [0.05, 0.1) is 23.9 Å². The summed E-state index contributed by atoms with van der Waals surface area (Å²) in [7, 11) is -2.98. The molecule has 136 valence electrons. The van der Waals surface area contributed by atoms with Crippen LogP contribution in [0, 0.1) is 0 Å². The highest BCUT2D eigenvalue weighted by Crippen LogP contribution is 2.16. The predicted molar refractivity (Wildman–Crippen MR) is 97.1 cm³/mol. The van der Waals surface area contributed by atoms with Crippen LogP contribution >= 0.6 is 0 Å². The van der Waals surface area contributed by atoms with Crippen LogP contribution in [-0.4, -0.2) is 47.6 Å². The Bertz CT molecular complexity index is 924. The van der Waals surface area contributed by atoms with E-state index in [1.54, 1.807) is 24.3 Å². The molecule has 8 nitrogen and oxygen atoms in total. The van der Waals surface area contributed by atoms with Crippen LogP contribution in [0.1, 0.15) is 34.2 Å². The Labute approximate surface area is 151 Å². The largest absolute Gasteiger partial charge is 0.365 e. The Balaban J connectivity index is 1.61. The van der Waals surface area contributed by atoms with Crippen LogP contribution in [-0.2, 0) is 9.84 Å². The minimum absolute atomic E-state index is 0.0492. The van der Waals surface area contributed by atoms with Crippen molar-refractivity contribution in [2.75, 3.05) is 22.1 Å². The van der Waals surface area contributed by atoms with Gasteiger partial charge in [-0.15, -0.1) is 0 Å². The van der Waals surface area contributed by atoms with E-state index in [0.29, 0.717) is 23.5 Å². The van der Waals surface area contributed by atoms with Crippen LogP contribution in [0.5, 0.6) is 0 Å². The molecule has 2 aromatic rings. The van der Waals surface area contributed by atoms with Gasteiger partial charge in [0.2, 0.25) is 0 Å². The highest BCUT2D eigenvalue weighted by Gasteiger charge is 2.28. The molecule has 1 fully saturated rings. The minimum atomic E-state index is -2.98. The van der Waals surface area contributed by atoms with Crippen LogP contribution in [0.15, 0.2) is 36.7 Å². The molecule has 1 atom stereocenters. The zero-order chi connectivity index (χ0) is 18.7. The van der Waals surface area contributed by atoms with Gasteiger partial charge in [-0.05, 0) is 37.6 Å². The lowest BCUT2D eigenvalue weighted by atomic mass is 10.1. The molecule has 0 saturated carbocycles. The van der Waals surface area contributed by atoms with Gasteiger partial charge in [-0.1, -0.05) is 0 Å². The lowest BCUT2D eigenvalue weighted by Crippen LogP contribution is -2.22. The third-order valence-electron chi connectivity index (χ3n) is 4.02. The second-order valence-corrected chi connectivity index (χ2v) is 8.35. The molecule has 1 unspecified atom stereocenters. The van der Waals surface area contributed by atoms with Crippen molar-refractivity contribution >= 4 is 33.0 Å². The first kappa shape index (κ1) is 18.0. The summed E-state index contributed by atoms with van der Waals surface area (Å²) < 4.78 is 22.9. The first-order chi connectivity index (χ1) is 12.3. The highest BCUT2D eigenvalue weighted by molar-refractivity contribution is 7.91. The number of carbonyl (C=O) groups is 2. The van der Waals surface area contributed by atoms with E-state index in [2.05, 4.69) is 20.6 Å². The lowest BCUT2D eigenvalue weighted by molar-refractivity contribution is 0.101. The Morgan fingerprint density at radius 3 is 2.38 bits per heavy atom. The van der Waals surface area contributed by atoms with E-state index in [-0.39, 0.29) is 29.0 Å². The number of hydrogen-bond acceptors (Lipinski definition) is 7. The van der Waals surface area contributed by atoms with Crippen molar-refractivity contribution in [3.63, 3.8) is 0 Å². The molecule has 1 aliphatic heterocycles. The van der Waals surface area contributed by atoms with Crippen LogP contribution in [0.25, 0.3) is 0 Å². The molecule has 1 aromatic heterocycles. The number of aromatic nitrogens is 2. The lowest BCUT2D eigenvalue weighted by Gasteiger charge is -2.11. The average molecular weight is 374 g/mol. The first-order valence-electron chi connectivity index (χ1n) is 8.04. The summed E-state index contributed by atoms with van der Waals surface area (Å²) in [5.41, 5.74) is 1.23. The topological polar surface area (TPSA) is 118 Å². The molecule has 2 heterocycles. The fourth-order valence-electron chi connectivity index (χ4n) is 2.62. The third-order valence-corrected chi connectivity index (χ3v) is 5.79. The average Bonchev–Trinajstić information content (AvgIpc) is 2.94. The fourth-order valence-corrected chi connectivity index (χ4v) is 4.29. The Morgan fingerprint density at radius 1 is 1.12 bits per heavy atom. The van der Waals surface area contributed by atoms with E-state index >= 15 is 0 Å². The van der Waals surface area contributed by atoms with Gasteiger partial charge in [0.25, 0.3) is 5.91 Å². The maximum atomic E-state index is 12.2. The standard InChI is InChI=1S/C17H18N4O4S/c1-11(22)12-2-4-13(5-3-12)21-17(23)15-8-19-16(9-18-15)20-14-6-7-26(24,25)10-14/h2-5,8-9,14H,6-7,10H2,1H3,(H,19,20)(H,21,23). The number of ketones is 1. The monoisotopic (exact) mass is 374 g/mol. The van der Waals surface area contributed by atoms with Crippen LogP contribution in [0.4, 0.5) is 11.5 Å². The molecule has 0 radical (unpaired) electrons. The third kappa shape index (κ3) is 4.42. The normalized spacial score (nSPS) is 18.3. The van der Waals surface area contributed by atoms with Crippen molar-refractivity contribution < 1.29 is 18.0 Å². The van der Waals surface area contributed by atoms with E-state index in [9.17, 15) is 18.0 Å². The van der Waals surface area contributed by atoms with Gasteiger partial charge in [-0.3, -0.25) is 9.59 Å². The smallest absolute Gasteiger partial charge is 0.275 e. The number of rotatable bonds is 5. The molecule has 2 N–H and O–H groups in total. The number of carbonyl (C=O) groups excluding carboxylic acids is 2. The molecule has 0 bridgehead atoms. The molecule has 26 heavy (non-hydrogen) atoms. The van der Waals surface area contributed by atoms with Crippen molar-refractivity contribution in [3.8, 4) is 0 Å². The molecule has 0 aliphatic carbocycles. The van der Waals surface area contributed by atoms with E-state index in [1.165, 1.54) is 19.3 Å². The SMILES string of the molecule is CC(=O)c1ccc(NC(=O)c2cnc(NC3CCS(=O)(=O)C3)cn2)cc1. The molecule has 1 aliphatic rings. The molecule has 0 spiro atoms. The van der Waals surface area contributed by atoms with Gasteiger partial charge < -0.3 is 10.6 Å². The highest BCUT2D eigenvalue weighted by atomic mass is 32.2. The quantitative estimate of drug-likeness (QED) is 0.762. The molecule has 3 rings (SSSR count). The van der Waals surface area contributed by atoms with E-state index in [0.717, 1.165) is 0 Å². The number of Topliss-reactive ketones (excluding diaryl/α,β-unsaturated/α-hetero) is 1. The van der Waals surface area contributed by atoms with Crippen molar-refractivity contribution in [2.45, 2.75) is 19.4 Å². The maximum Gasteiger partial charge on any atom is 0.275 e. The number of benzene rings is 1. The summed E-state index contributed by atoms with van der Waals surface area (Å²) in [6.07, 6.45) is 3.26. The summed E-state index contributed by atoms with van der Waals surface area (Å²) in [4.78, 5) is 31.6. The number of amides is 1. The molecule has 1 saturated heterocycles. The number of hydrogen-bond donors (Lipinski definition) is 2.